The van der Waals surface area contributed by atoms with Gasteiger partial charge in [0.1, 0.15) is 9.36 Å². The second kappa shape index (κ2) is 43.2. The molecule has 6 aromatic carbocycles. The molecule has 0 radical (unpaired) electrons. The first-order valence-corrected chi connectivity index (χ1v) is 46.8. The van der Waals surface area contributed by atoms with E-state index in [1.165, 1.54) is 46.3 Å². The van der Waals surface area contributed by atoms with Gasteiger partial charge in [0.15, 0.2) is 34.5 Å². The second-order valence-corrected chi connectivity index (χ2v) is 36.2. The molecular weight excluding hydrogens is 1670 g/mol. The molecule has 678 valence electrons. The van der Waals surface area contributed by atoms with E-state index in [1.54, 1.807) is 99.8 Å². The molecule has 9 aromatic rings. The molecule has 3 saturated heterocycles. The fraction of sp³-hybridized carbons (Fsp3) is 0.463. The highest BCUT2D eigenvalue weighted by Crippen LogP contribution is 2.46. The molecule has 1 saturated carbocycles. The molecule has 7 aliphatic rings. The number of sulfonamides is 1. The van der Waals surface area contributed by atoms with Crippen molar-refractivity contribution in [1.29, 1.82) is 0 Å². The number of hydrogen-bond donors (Lipinski definition) is 2. The van der Waals surface area contributed by atoms with Crippen LogP contribution in [-0.4, -0.2) is 261 Å². The number of nitrogens with zero attached hydrogens (tertiary/aromatic N) is 14. The van der Waals surface area contributed by atoms with Gasteiger partial charge in [0.25, 0.3) is 27.7 Å². The monoisotopic (exact) mass is 1790 g/mol. The third kappa shape index (κ3) is 21.3. The summed E-state index contributed by atoms with van der Waals surface area (Å²) in [6.07, 6.45) is 9.79. The third-order valence-corrected chi connectivity index (χ3v) is 29.1. The van der Waals surface area contributed by atoms with E-state index in [-0.39, 0.29) is 35.8 Å². The van der Waals surface area contributed by atoms with Crippen LogP contribution in [0.5, 0.6) is 46.3 Å². The average Bonchev–Trinajstić information content (AvgIpc) is 1.62. The number of anilines is 5. The Morgan fingerprint density at radius 2 is 0.866 bits per heavy atom. The molecule has 1 aliphatic carbocycles. The molecule has 32 heteroatoms. The average molecular weight is 1790 g/mol. The summed E-state index contributed by atoms with van der Waals surface area (Å²) in [4.78, 5) is 80.0. The smallest absolute Gasteiger partial charge is 0.255 e. The zero-order valence-electron chi connectivity index (χ0n) is 74.9. The first kappa shape index (κ1) is 92.3. The number of piperazine rings is 3. The van der Waals surface area contributed by atoms with E-state index in [0.29, 0.717) is 126 Å². The van der Waals surface area contributed by atoms with Crippen LogP contribution in [0.1, 0.15) is 154 Å². The zero-order valence-corrected chi connectivity index (χ0v) is 77.3. The Labute approximate surface area is 756 Å². The molecule has 3 amide bonds. The normalized spacial score (nSPS) is 16.8. The van der Waals surface area contributed by atoms with Gasteiger partial charge >= 0.3 is 0 Å². The molecule has 9 heterocycles. The summed E-state index contributed by atoms with van der Waals surface area (Å²) in [5.41, 5.74) is 12.1. The molecule has 6 aliphatic heterocycles. The molecule has 3 aromatic heterocycles. The molecule has 29 nitrogen and oxygen atoms in total. The first-order chi connectivity index (χ1) is 61.8. The second-order valence-electron chi connectivity index (χ2n) is 32.6. The van der Waals surface area contributed by atoms with Gasteiger partial charge in [0.2, 0.25) is 23.7 Å². The molecule has 3 atom stereocenters. The SMILES string of the molecule is CCN1CCN(c2cccc3c2CN([C@H](CCCNc2nc(OC)cc(OC)n2)c2ccc(OC)c(OC)c2)C3=O)CC1.CCN1CCN(c2cccc3c2CN([C@H](CCCNc2nccc(Cl)n2)c2ccc(OC)c(OC)c2)C3=O)CC1.COc1ccc([C@@H](CCCN(C)S(=O)(=O)c2cccs2)N2Cc3c(cccc3N3CCN(C4CCC4)CC3)C2=O)cc1OC. The zero-order chi connectivity index (χ0) is 89.3. The van der Waals surface area contributed by atoms with Crippen LogP contribution in [0.15, 0.2) is 149 Å². The summed E-state index contributed by atoms with van der Waals surface area (Å²) < 4.78 is 71.7. The van der Waals surface area contributed by atoms with Gasteiger partial charge in [0.05, 0.1) is 81.1 Å². The summed E-state index contributed by atoms with van der Waals surface area (Å²) in [6.45, 7) is 21.8. The first-order valence-electron chi connectivity index (χ1n) is 44.1. The summed E-state index contributed by atoms with van der Waals surface area (Å²) >= 11 is 7.23. The lowest BCUT2D eigenvalue weighted by molar-refractivity contribution is 0.0681. The quantitative estimate of drug-likeness (QED) is 0.0273. The minimum atomic E-state index is -3.55. The van der Waals surface area contributed by atoms with Crippen molar-refractivity contribution in [3.63, 3.8) is 0 Å². The maximum atomic E-state index is 14.1. The maximum absolute atomic E-state index is 14.1. The number of halogens is 1. The summed E-state index contributed by atoms with van der Waals surface area (Å²) in [6, 6.07) is 42.8. The van der Waals surface area contributed by atoms with Gasteiger partial charge in [-0.2, -0.15) is 9.97 Å². The number of aromatic nitrogens is 4. The van der Waals surface area contributed by atoms with Crippen molar-refractivity contribution >= 4 is 79.6 Å². The Bertz CT molecular complexity index is 5320. The van der Waals surface area contributed by atoms with Crippen molar-refractivity contribution < 1.29 is 60.7 Å². The number of likely N-dealkylation sites (N-methyl/N-ethyl adjacent to an activating group) is 2. The highest BCUT2D eigenvalue weighted by atomic mass is 35.5. The van der Waals surface area contributed by atoms with E-state index >= 15 is 0 Å². The van der Waals surface area contributed by atoms with Crippen LogP contribution in [0, 0.1) is 0 Å². The van der Waals surface area contributed by atoms with Crippen LogP contribution in [0.2, 0.25) is 5.15 Å². The third-order valence-electron chi connectivity index (χ3n) is 25.7. The van der Waals surface area contributed by atoms with Gasteiger partial charge in [-0.1, -0.05) is 74.3 Å². The van der Waals surface area contributed by atoms with Crippen molar-refractivity contribution in [2.75, 3.05) is 201 Å². The lowest BCUT2D eigenvalue weighted by Crippen LogP contribution is -2.52. The van der Waals surface area contributed by atoms with E-state index in [1.807, 2.05) is 106 Å². The molecule has 0 spiro atoms. The van der Waals surface area contributed by atoms with Gasteiger partial charge in [-0.25, -0.2) is 22.7 Å². The lowest BCUT2D eigenvalue weighted by atomic mass is 9.91. The van der Waals surface area contributed by atoms with Gasteiger partial charge < -0.3 is 87.7 Å². The highest BCUT2D eigenvalue weighted by Gasteiger charge is 2.41. The number of rotatable bonds is 36. The topological polar surface area (TPSA) is 267 Å². The van der Waals surface area contributed by atoms with Crippen molar-refractivity contribution in [1.82, 2.24) is 53.6 Å². The number of fused-ring (bicyclic) bond motifs is 3. The Kier molecular flexibility index (Phi) is 31.4. The Hall–Kier alpha value is -10.9. The van der Waals surface area contributed by atoms with Gasteiger partial charge in [0, 0.05) is 188 Å². The van der Waals surface area contributed by atoms with E-state index in [2.05, 4.69) is 92.0 Å². The Morgan fingerprint density at radius 1 is 0.465 bits per heavy atom. The van der Waals surface area contributed by atoms with Crippen LogP contribution in [0.3, 0.4) is 0 Å². The maximum Gasteiger partial charge on any atom is 0.255 e. The highest BCUT2D eigenvalue weighted by molar-refractivity contribution is 7.91. The largest absolute Gasteiger partial charge is 0.493 e. The Morgan fingerprint density at radius 3 is 1.23 bits per heavy atom. The van der Waals surface area contributed by atoms with Gasteiger partial charge in [-0.3, -0.25) is 19.3 Å². The van der Waals surface area contributed by atoms with Crippen LogP contribution in [0.4, 0.5) is 29.0 Å². The number of hydrogen-bond acceptors (Lipinski definition) is 26. The molecule has 127 heavy (non-hydrogen) atoms. The lowest BCUT2D eigenvalue weighted by Gasteiger charge is -2.44. The van der Waals surface area contributed by atoms with Gasteiger partial charge in [-0.05, 0) is 171 Å². The van der Waals surface area contributed by atoms with Crippen molar-refractivity contribution in [2.45, 2.75) is 120 Å². The standard InChI is InChI=1S/C33H42N4O5S2.C32H42N6O5.C30H37ClN6O3/c1-34(44(39,40)32-13-7-21-43-32)16-6-12-28(24-14-15-30(41-2)31(22-24)42-3)37-23-27-26(33(37)38)10-5-11-29(27)36-19-17-35(18-20-36)25-8-4-9-25;1-6-36-15-17-37(18-16-36)26-10-7-9-23-24(26)21-38(31(23)39)25(22-12-13-27(40-2)28(19-22)41-3)11-8-14-33-32-34-29(42-4)20-30(35-32)43-5;1-4-35-15-17-36(18-16-35)25-8-5-7-22-23(25)20-37(29(22)38)24(21-10-11-26(39-2)27(19-21)40-3)9-6-13-32-30-33-14-12-28(31)34-30/h5,7,10-11,13-15,21-22,25,28H,4,6,8-9,12,16-20,23H2,1-3H3;7,9-10,12-13,19-20,25H,6,8,11,14-18,21H2,1-5H3,(H,33,34,35);5,7-8,10-12,14,19,24H,4,6,9,13,15-18,20H2,1-3H3,(H,32,33,34)/t28-;25-;24-/m111/s1. The fourth-order valence-corrected chi connectivity index (χ4v) is 20.9. The minimum absolute atomic E-state index is 0.00861. The van der Waals surface area contributed by atoms with Crippen molar-refractivity contribution in [3.8, 4) is 46.3 Å². The molecule has 4 fully saturated rings. The minimum Gasteiger partial charge on any atom is -0.493 e. The fourth-order valence-electron chi connectivity index (χ4n) is 18.3. The van der Waals surface area contributed by atoms with E-state index in [0.717, 1.165) is 173 Å². The number of nitrogens with one attached hydrogen (secondary N) is 2. The molecule has 16 rings (SSSR count). The Balaban J connectivity index is 0.000000155. The number of thiophene rings is 1. The van der Waals surface area contributed by atoms with Crippen LogP contribution >= 0.6 is 22.9 Å². The molecule has 0 bridgehead atoms. The number of carbonyl (C=O) groups excluding carboxylic acids is 3. The molecule has 0 unspecified atom stereocenters. The molecule has 2 N–H and O–H groups in total. The number of carbonyl (C=O) groups is 3. The van der Waals surface area contributed by atoms with E-state index in [9.17, 15) is 22.8 Å². The van der Waals surface area contributed by atoms with E-state index in [4.69, 9.17) is 49.5 Å². The number of methoxy groups -OCH3 is 8. The number of amides is 3. The summed E-state index contributed by atoms with van der Waals surface area (Å²) in [5.74, 6) is 5.71. The predicted octanol–water partition coefficient (Wildman–Crippen LogP) is 14.4. The predicted molar refractivity (Wildman–Crippen MR) is 497 cm³/mol. The number of benzene rings is 6. The van der Waals surface area contributed by atoms with Crippen molar-refractivity contribution in [2.24, 2.45) is 0 Å². The van der Waals surface area contributed by atoms with Crippen LogP contribution < -0.4 is 63.2 Å². The summed E-state index contributed by atoms with van der Waals surface area (Å²) in [5, 5.41) is 8.69. The van der Waals surface area contributed by atoms with Gasteiger partial charge in [-0.15, -0.1) is 11.3 Å². The van der Waals surface area contributed by atoms with Crippen LogP contribution in [-0.2, 0) is 29.7 Å². The number of ether oxygens (including phenoxy) is 8. The van der Waals surface area contributed by atoms with Crippen molar-refractivity contribution in [3.05, 3.63) is 200 Å². The van der Waals surface area contributed by atoms with Crippen LogP contribution in [0.25, 0.3) is 0 Å². The van der Waals surface area contributed by atoms with E-state index < -0.39 is 10.0 Å². The summed E-state index contributed by atoms with van der Waals surface area (Å²) in [7, 11) is 10.9. The molecular formula is C95H121ClN16O13S2.